The van der Waals surface area contributed by atoms with Gasteiger partial charge in [-0.15, -0.1) is 0 Å². The molecule has 0 aromatic heterocycles. The molecule has 0 saturated heterocycles. The number of aryl methyl sites for hydroxylation is 2. The predicted octanol–water partition coefficient (Wildman–Crippen LogP) is 3.74. The quantitative estimate of drug-likeness (QED) is 0.928. The number of halogens is 1. The summed E-state index contributed by atoms with van der Waals surface area (Å²) >= 11 is 0. The van der Waals surface area contributed by atoms with Crippen LogP contribution in [0.4, 0.5) is 4.39 Å². The molecule has 21 heavy (non-hydrogen) atoms. The van der Waals surface area contributed by atoms with Crippen LogP contribution in [0.3, 0.4) is 0 Å². The molecule has 2 aromatic carbocycles. The van der Waals surface area contributed by atoms with E-state index in [9.17, 15) is 4.39 Å². The van der Waals surface area contributed by atoms with Crippen molar-refractivity contribution in [2.75, 3.05) is 0 Å². The molecule has 1 aliphatic rings. The van der Waals surface area contributed by atoms with Crippen molar-refractivity contribution in [3.05, 3.63) is 64.5 Å². The first-order valence-corrected chi connectivity index (χ1v) is 7.48. The molecule has 0 radical (unpaired) electrons. The summed E-state index contributed by atoms with van der Waals surface area (Å²) in [5.74, 6) is 0.596. The predicted molar refractivity (Wildman–Crippen MR) is 81.7 cm³/mol. The van der Waals surface area contributed by atoms with Crippen LogP contribution in [0.25, 0.3) is 0 Å². The second-order valence-electron chi connectivity index (χ2n) is 5.54. The molecule has 1 aliphatic carbocycles. The van der Waals surface area contributed by atoms with Crippen LogP contribution in [-0.2, 0) is 26.0 Å². The van der Waals surface area contributed by atoms with Gasteiger partial charge in [-0.05, 0) is 72.2 Å². The molecule has 2 N–H and O–H groups in total. The molecule has 0 amide bonds. The van der Waals surface area contributed by atoms with Crippen LogP contribution in [0, 0.1) is 5.82 Å². The third-order valence-corrected chi connectivity index (χ3v) is 4.10. The van der Waals surface area contributed by atoms with Gasteiger partial charge in [0, 0.05) is 6.54 Å². The lowest BCUT2D eigenvalue weighted by atomic mass is 9.92. The van der Waals surface area contributed by atoms with Gasteiger partial charge in [0.15, 0.2) is 0 Å². The standard InChI is InChI=1S/C18H20FNO/c19-17-7-5-15(11-20)16(9-17)12-21-18-8-6-13-3-1-2-4-14(13)10-18/h5-10H,1-4,11-12,20H2. The maximum Gasteiger partial charge on any atom is 0.123 e. The second-order valence-corrected chi connectivity index (χ2v) is 5.54. The number of hydrogen-bond donors (Lipinski definition) is 1. The molecule has 2 aromatic rings. The van der Waals surface area contributed by atoms with Gasteiger partial charge in [-0.3, -0.25) is 0 Å². The lowest BCUT2D eigenvalue weighted by Crippen LogP contribution is -2.06. The van der Waals surface area contributed by atoms with Gasteiger partial charge in [0.05, 0.1) is 0 Å². The van der Waals surface area contributed by atoms with Crippen LogP contribution in [0.5, 0.6) is 5.75 Å². The first-order valence-electron chi connectivity index (χ1n) is 7.48. The zero-order valence-electron chi connectivity index (χ0n) is 12.1. The molecular formula is C18H20FNO. The fourth-order valence-corrected chi connectivity index (χ4v) is 2.89. The van der Waals surface area contributed by atoms with Gasteiger partial charge in [0.25, 0.3) is 0 Å². The van der Waals surface area contributed by atoms with Crippen LogP contribution < -0.4 is 10.5 Å². The fourth-order valence-electron chi connectivity index (χ4n) is 2.89. The largest absolute Gasteiger partial charge is 0.489 e. The lowest BCUT2D eigenvalue weighted by molar-refractivity contribution is 0.303. The van der Waals surface area contributed by atoms with Crippen molar-refractivity contribution in [1.29, 1.82) is 0 Å². The third kappa shape index (κ3) is 3.24. The van der Waals surface area contributed by atoms with E-state index in [1.165, 1.54) is 36.1 Å². The zero-order valence-corrected chi connectivity index (χ0v) is 12.1. The SMILES string of the molecule is NCc1ccc(F)cc1COc1ccc2c(c1)CCCC2. The Bertz CT molecular complexity index is 639. The Balaban J connectivity index is 1.74. The van der Waals surface area contributed by atoms with Crippen LogP contribution in [0.15, 0.2) is 36.4 Å². The van der Waals surface area contributed by atoms with Crippen LogP contribution in [-0.4, -0.2) is 0 Å². The Morgan fingerprint density at radius 1 is 0.952 bits per heavy atom. The second kappa shape index (κ2) is 6.27. The smallest absolute Gasteiger partial charge is 0.123 e. The highest BCUT2D eigenvalue weighted by Crippen LogP contribution is 2.26. The van der Waals surface area contributed by atoms with Gasteiger partial charge >= 0.3 is 0 Å². The normalized spacial score (nSPS) is 13.8. The minimum Gasteiger partial charge on any atom is -0.489 e. The highest BCUT2D eigenvalue weighted by molar-refractivity contribution is 5.37. The molecule has 0 saturated carbocycles. The summed E-state index contributed by atoms with van der Waals surface area (Å²) in [7, 11) is 0. The van der Waals surface area contributed by atoms with Crippen molar-refractivity contribution in [3.8, 4) is 5.75 Å². The van der Waals surface area contributed by atoms with Crippen molar-refractivity contribution < 1.29 is 9.13 Å². The minimum absolute atomic E-state index is 0.253. The zero-order chi connectivity index (χ0) is 14.7. The molecule has 110 valence electrons. The number of rotatable bonds is 4. The lowest BCUT2D eigenvalue weighted by Gasteiger charge is -2.17. The number of fused-ring (bicyclic) bond motifs is 1. The molecule has 0 aliphatic heterocycles. The van der Waals surface area contributed by atoms with E-state index in [1.54, 1.807) is 6.07 Å². The van der Waals surface area contributed by atoms with Crippen LogP contribution in [0.1, 0.15) is 35.1 Å². The first-order chi connectivity index (χ1) is 10.3. The maximum atomic E-state index is 13.3. The van der Waals surface area contributed by atoms with E-state index in [-0.39, 0.29) is 5.82 Å². The van der Waals surface area contributed by atoms with Crippen molar-refractivity contribution in [3.63, 3.8) is 0 Å². The summed E-state index contributed by atoms with van der Waals surface area (Å²) in [5.41, 5.74) is 10.2. The Morgan fingerprint density at radius 3 is 2.57 bits per heavy atom. The molecule has 0 unspecified atom stereocenters. The van der Waals surface area contributed by atoms with Gasteiger partial charge in [-0.25, -0.2) is 4.39 Å². The number of hydrogen-bond acceptors (Lipinski definition) is 2. The van der Waals surface area contributed by atoms with Gasteiger partial charge in [-0.1, -0.05) is 12.1 Å². The molecule has 0 atom stereocenters. The Kier molecular flexibility index (Phi) is 4.20. The number of benzene rings is 2. The first kappa shape index (κ1) is 14.1. The average Bonchev–Trinajstić information content (AvgIpc) is 2.53. The molecule has 3 rings (SSSR count). The Hall–Kier alpha value is -1.87. The van der Waals surface area contributed by atoms with E-state index in [4.69, 9.17) is 10.5 Å². The van der Waals surface area contributed by atoms with E-state index in [0.717, 1.165) is 29.7 Å². The average molecular weight is 285 g/mol. The summed E-state index contributed by atoms with van der Waals surface area (Å²) < 4.78 is 19.2. The maximum absolute atomic E-state index is 13.3. The Labute approximate surface area is 124 Å². The van der Waals surface area contributed by atoms with Gasteiger partial charge in [-0.2, -0.15) is 0 Å². The summed E-state index contributed by atoms with van der Waals surface area (Å²) in [5, 5.41) is 0. The van der Waals surface area contributed by atoms with Gasteiger partial charge in [0.2, 0.25) is 0 Å². The highest BCUT2D eigenvalue weighted by Gasteiger charge is 2.10. The summed E-state index contributed by atoms with van der Waals surface area (Å²) in [6.07, 6.45) is 4.81. The molecule has 0 spiro atoms. The van der Waals surface area contributed by atoms with E-state index in [1.807, 2.05) is 6.07 Å². The van der Waals surface area contributed by atoms with Crippen LogP contribution >= 0.6 is 0 Å². The number of nitrogens with two attached hydrogens (primary N) is 1. The highest BCUT2D eigenvalue weighted by atomic mass is 19.1. The van der Waals surface area contributed by atoms with Crippen molar-refractivity contribution in [1.82, 2.24) is 0 Å². The van der Waals surface area contributed by atoms with Crippen molar-refractivity contribution >= 4 is 0 Å². The van der Waals surface area contributed by atoms with E-state index >= 15 is 0 Å². The monoisotopic (exact) mass is 285 g/mol. The van der Waals surface area contributed by atoms with Gasteiger partial charge < -0.3 is 10.5 Å². The number of ether oxygens (including phenoxy) is 1. The molecule has 0 heterocycles. The Morgan fingerprint density at radius 2 is 1.76 bits per heavy atom. The molecular weight excluding hydrogens is 265 g/mol. The van der Waals surface area contributed by atoms with E-state index < -0.39 is 0 Å². The van der Waals surface area contributed by atoms with E-state index in [2.05, 4.69) is 12.1 Å². The van der Waals surface area contributed by atoms with E-state index in [0.29, 0.717) is 13.2 Å². The third-order valence-electron chi connectivity index (χ3n) is 4.10. The van der Waals surface area contributed by atoms with Gasteiger partial charge in [0.1, 0.15) is 18.2 Å². The summed E-state index contributed by atoms with van der Waals surface area (Å²) in [4.78, 5) is 0. The molecule has 0 fully saturated rings. The van der Waals surface area contributed by atoms with Crippen LogP contribution in [0.2, 0.25) is 0 Å². The topological polar surface area (TPSA) is 35.2 Å². The molecule has 2 nitrogen and oxygen atoms in total. The van der Waals surface area contributed by atoms with Crippen molar-refractivity contribution in [2.24, 2.45) is 5.73 Å². The minimum atomic E-state index is -0.253. The molecule has 3 heteroatoms. The molecule has 0 bridgehead atoms. The van der Waals surface area contributed by atoms with Crippen molar-refractivity contribution in [2.45, 2.75) is 38.8 Å². The fraction of sp³-hybridized carbons (Fsp3) is 0.333. The summed E-state index contributed by atoms with van der Waals surface area (Å²) in [6.45, 7) is 0.742. The summed E-state index contributed by atoms with van der Waals surface area (Å²) in [6, 6.07) is 10.9.